The molecule has 0 radical (unpaired) electrons. The summed E-state index contributed by atoms with van der Waals surface area (Å²) in [5, 5.41) is 0. The van der Waals surface area contributed by atoms with Crippen LogP contribution in [-0.2, 0) is 21.3 Å². The Hall–Kier alpha value is -0.540. The van der Waals surface area contributed by atoms with Gasteiger partial charge in [-0.15, -0.1) is 0 Å². The first-order chi connectivity index (χ1) is 9.77. The number of ether oxygens (including phenoxy) is 1. The largest absolute Gasteiger partial charge is 0.375 e. The van der Waals surface area contributed by atoms with Crippen molar-refractivity contribution in [1.82, 2.24) is 4.31 Å². The fraction of sp³-hybridized carbons (Fsp3) is 0.538. The molecule has 0 spiro atoms. The van der Waals surface area contributed by atoms with E-state index in [4.69, 9.17) is 10.5 Å². The standard InChI is InChI=1S/C13H18BrFN2O3S/c1-8-7-20-9(2)6-17(8)21(18,19)12-4-11(14)3-10(5-16)13(12)15/h3-4,8-9H,5-7,16H2,1-2H3. The van der Waals surface area contributed by atoms with Gasteiger partial charge in [0.25, 0.3) is 0 Å². The molecule has 2 unspecified atom stereocenters. The van der Waals surface area contributed by atoms with Crippen molar-refractivity contribution < 1.29 is 17.5 Å². The van der Waals surface area contributed by atoms with Gasteiger partial charge in [0, 0.05) is 29.2 Å². The zero-order chi connectivity index (χ0) is 15.8. The van der Waals surface area contributed by atoms with E-state index in [1.807, 2.05) is 0 Å². The van der Waals surface area contributed by atoms with Crippen LogP contribution in [0, 0.1) is 5.82 Å². The van der Waals surface area contributed by atoms with Gasteiger partial charge in [0.1, 0.15) is 10.7 Å². The smallest absolute Gasteiger partial charge is 0.246 e. The molecule has 2 rings (SSSR count). The molecule has 5 nitrogen and oxygen atoms in total. The lowest BCUT2D eigenvalue weighted by Gasteiger charge is -2.35. The molecule has 118 valence electrons. The molecule has 0 aromatic heterocycles. The molecule has 0 bridgehead atoms. The van der Waals surface area contributed by atoms with Crippen LogP contribution in [0.1, 0.15) is 19.4 Å². The predicted molar refractivity (Wildman–Crippen MR) is 80.8 cm³/mol. The van der Waals surface area contributed by atoms with Crippen molar-refractivity contribution in [3.63, 3.8) is 0 Å². The summed E-state index contributed by atoms with van der Waals surface area (Å²) < 4.78 is 47.1. The van der Waals surface area contributed by atoms with Crippen LogP contribution in [0.4, 0.5) is 4.39 Å². The molecule has 1 aliphatic rings. The minimum absolute atomic E-state index is 0.0666. The summed E-state index contributed by atoms with van der Waals surface area (Å²) in [5.74, 6) is -0.785. The van der Waals surface area contributed by atoms with Crippen molar-refractivity contribution in [2.24, 2.45) is 5.73 Å². The summed E-state index contributed by atoms with van der Waals surface area (Å²) in [6.45, 7) is 3.95. The van der Waals surface area contributed by atoms with E-state index in [1.165, 1.54) is 16.4 Å². The van der Waals surface area contributed by atoms with Crippen molar-refractivity contribution in [3.8, 4) is 0 Å². The second-order valence-corrected chi connectivity index (χ2v) is 7.92. The second-order valence-electron chi connectivity index (χ2n) is 5.15. The Morgan fingerprint density at radius 1 is 1.48 bits per heavy atom. The van der Waals surface area contributed by atoms with Gasteiger partial charge >= 0.3 is 0 Å². The fourth-order valence-electron chi connectivity index (χ4n) is 2.29. The Morgan fingerprint density at radius 2 is 2.14 bits per heavy atom. The zero-order valence-corrected chi connectivity index (χ0v) is 14.2. The minimum Gasteiger partial charge on any atom is -0.375 e. The van der Waals surface area contributed by atoms with E-state index in [2.05, 4.69) is 15.9 Å². The third kappa shape index (κ3) is 3.29. The van der Waals surface area contributed by atoms with Gasteiger partial charge in [-0.3, -0.25) is 0 Å². The number of hydrogen-bond acceptors (Lipinski definition) is 4. The van der Waals surface area contributed by atoms with E-state index in [0.717, 1.165) is 0 Å². The molecular weight excluding hydrogens is 363 g/mol. The van der Waals surface area contributed by atoms with Crippen molar-refractivity contribution in [2.75, 3.05) is 13.2 Å². The first-order valence-corrected chi connectivity index (χ1v) is 8.82. The van der Waals surface area contributed by atoms with Crippen molar-refractivity contribution in [2.45, 2.75) is 37.4 Å². The Kier molecular flexibility index (Phi) is 5.04. The Balaban J connectivity index is 2.51. The van der Waals surface area contributed by atoms with Crippen LogP contribution < -0.4 is 5.73 Å². The summed E-state index contributed by atoms with van der Waals surface area (Å²) >= 11 is 3.20. The molecule has 1 aromatic rings. The molecule has 1 fully saturated rings. The summed E-state index contributed by atoms with van der Waals surface area (Å²) in [7, 11) is -3.94. The molecule has 1 heterocycles. The van der Waals surface area contributed by atoms with Crippen molar-refractivity contribution in [1.29, 1.82) is 0 Å². The molecule has 2 atom stereocenters. The number of rotatable bonds is 3. The van der Waals surface area contributed by atoms with E-state index in [1.54, 1.807) is 13.8 Å². The number of benzene rings is 1. The Bertz CT molecular complexity index is 639. The number of sulfonamides is 1. The van der Waals surface area contributed by atoms with Crippen molar-refractivity contribution in [3.05, 3.63) is 28.0 Å². The van der Waals surface area contributed by atoms with Gasteiger partial charge in [-0.2, -0.15) is 4.31 Å². The van der Waals surface area contributed by atoms with Crippen molar-refractivity contribution >= 4 is 26.0 Å². The number of nitrogens with zero attached hydrogens (tertiary/aromatic N) is 1. The van der Waals surface area contributed by atoms with Gasteiger partial charge < -0.3 is 10.5 Å². The third-order valence-electron chi connectivity index (χ3n) is 3.44. The predicted octanol–water partition coefficient (Wildman–Crippen LogP) is 1.84. The van der Waals surface area contributed by atoms with E-state index < -0.39 is 15.8 Å². The highest BCUT2D eigenvalue weighted by Crippen LogP contribution is 2.29. The fourth-order valence-corrected chi connectivity index (χ4v) is 4.77. The lowest BCUT2D eigenvalue weighted by Crippen LogP contribution is -2.50. The Labute approximate surface area is 132 Å². The summed E-state index contributed by atoms with van der Waals surface area (Å²) in [4.78, 5) is -0.349. The first-order valence-electron chi connectivity index (χ1n) is 6.58. The molecule has 1 saturated heterocycles. The van der Waals surface area contributed by atoms with E-state index in [9.17, 15) is 12.8 Å². The maximum absolute atomic E-state index is 14.4. The number of nitrogens with two attached hydrogens (primary N) is 1. The molecule has 21 heavy (non-hydrogen) atoms. The van der Waals surface area contributed by atoms with Gasteiger partial charge in [-0.1, -0.05) is 15.9 Å². The quantitative estimate of drug-likeness (QED) is 0.868. The average molecular weight is 381 g/mol. The van der Waals surface area contributed by atoms with Crippen LogP contribution in [0.3, 0.4) is 0 Å². The van der Waals surface area contributed by atoms with Crippen LogP contribution in [-0.4, -0.2) is 38.0 Å². The van der Waals surface area contributed by atoms with E-state index >= 15 is 0 Å². The maximum atomic E-state index is 14.4. The van der Waals surface area contributed by atoms with Gasteiger partial charge in [0.05, 0.1) is 12.7 Å². The highest BCUT2D eigenvalue weighted by molar-refractivity contribution is 9.10. The Morgan fingerprint density at radius 3 is 2.76 bits per heavy atom. The lowest BCUT2D eigenvalue weighted by molar-refractivity contribution is -0.0171. The zero-order valence-electron chi connectivity index (χ0n) is 11.8. The molecule has 0 aliphatic carbocycles. The van der Waals surface area contributed by atoms with Crippen LogP contribution >= 0.6 is 15.9 Å². The summed E-state index contributed by atoms with van der Waals surface area (Å²) in [5.41, 5.74) is 5.63. The molecule has 1 aliphatic heterocycles. The maximum Gasteiger partial charge on any atom is 0.246 e. The summed E-state index contributed by atoms with van der Waals surface area (Å²) in [6, 6.07) is 2.42. The van der Waals surface area contributed by atoms with E-state index in [0.29, 0.717) is 11.1 Å². The molecular formula is C13H18BrFN2O3S. The molecule has 1 aromatic carbocycles. The second kappa shape index (κ2) is 6.29. The molecule has 8 heteroatoms. The first kappa shape index (κ1) is 16.8. The van der Waals surface area contributed by atoms with Crippen LogP contribution in [0.2, 0.25) is 0 Å². The topological polar surface area (TPSA) is 72.6 Å². The number of morpholine rings is 1. The van der Waals surface area contributed by atoms with Gasteiger partial charge in [-0.05, 0) is 26.0 Å². The summed E-state index contributed by atoms with van der Waals surface area (Å²) in [6.07, 6.45) is -0.222. The molecule has 0 amide bonds. The highest BCUT2D eigenvalue weighted by atomic mass is 79.9. The van der Waals surface area contributed by atoms with Gasteiger partial charge in [0.15, 0.2) is 0 Å². The average Bonchev–Trinajstić information content (AvgIpc) is 2.43. The lowest BCUT2D eigenvalue weighted by atomic mass is 10.2. The van der Waals surface area contributed by atoms with Gasteiger partial charge in [-0.25, -0.2) is 12.8 Å². The van der Waals surface area contributed by atoms with Gasteiger partial charge in [0.2, 0.25) is 10.0 Å². The SMILES string of the molecule is CC1CN(S(=O)(=O)c2cc(Br)cc(CN)c2F)C(C)CO1. The normalized spacial score (nSPS) is 24.2. The van der Waals surface area contributed by atoms with Crippen LogP contribution in [0.15, 0.2) is 21.5 Å². The number of halogens is 2. The third-order valence-corrected chi connectivity index (χ3v) is 5.87. The highest BCUT2D eigenvalue weighted by Gasteiger charge is 2.36. The minimum atomic E-state index is -3.94. The van der Waals surface area contributed by atoms with Crippen LogP contribution in [0.5, 0.6) is 0 Å². The monoisotopic (exact) mass is 380 g/mol. The van der Waals surface area contributed by atoms with E-state index in [-0.39, 0.29) is 35.7 Å². The van der Waals surface area contributed by atoms with Crippen LogP contribution in [0.25, 0.3) is 0 Å². The number of hydrogen-bond donors (Lipinski definition) is 1. The molecule has 0 saturated carbocycles. The molecule has 2 N–H and O–H groups in total.